The molecule has 0 amide bonds. The SMILES string of the molecule is C#CC1CC(CO)OC1n1cnc(N)nc1=O. The number of hydrogen-bond donors (Lipinski definition) is 2. The normalized spacial score (nSPS) is 27.9. The molecule has 90 valence electrons. The van der Waals surface area contributed by atoms with Crippen LogP contribution in [0.5, 0.6) is 0 Å². The molecule has 7 heteroatoms. The number of nitrogens with two attached hydrogens (primary N) is 1. The fourth-order valence-corrected chi connectivity index (χ4v) is 1.80. The highest BCUT2D eigenvalue weighted by Crippen LogP contribution is 2.32. The van der Waals surface area contributed by atoms with Crippen LogP contribution >= 0.6 is 0 Å². The van der Waals surface area contributed by atoms with Crippen LogP contribution in [0.4, 0.5) is 5.95 Å². The van der Waals surface area contributed by atoms with Gasteiger partial charge in [0.1, 0.15) is 6.33 Å². The van der Waals surface area contributed by atoms with Crippen LogP contribution in [0.1, 0.15) is 12.6 Å². The smallest absolute Gasteiger partial charge is 0.354 e. The van der Waals surface area contributed by atoms with Crippen molar-refractivity contribution in [3.63, 3.8) is 0 Å². The summed E-state index contributed by atoms with van der Waals surface area (Å²) in [7, 11) is 0. The first-order valence-corrected chi connectivity index (χ1v) is 5.08. The van der Waals surface area contributed by atoms with Crippen molar-refractivity contribution in [3.05, 3.63) is 16.8 Å². The lowest BCUT2D eigenvalue weighted by atomic mass is 10.0. The lowest BCUT2D eigenvalue weighted by Crippen LogP contribution is -2.30. The Labute approximate surface area is 97.3 Å². The van der Waals surface area contributed by atoms with E-state index in [1.165, 1.54) is 10.9 Å². The first-order chi connectivity index (χ1) is 8.15. The summed E-state index contributed by atoms with van der Waals surface area (Å²) in [5.41, 5.74) is 4.72. The van der Waals surface area contributed by atoms with Crippen LogP contribution in [-0.4, -0.2) is 32.4 Å². The minimum Gasteiger partial charge on any atom is -0.394 e. The topological polar surface area (TPSA) is 103 Å². The first kappa shape index (κ1) is 11.6. The monoisotopic (exact) mass is 236 g/mol. The number of ether oxygens (including phenoxy) is 1. The molecule has 0 bridgehead atoms. The van der Waals surface area contributed by atoms with E-state index in [9.17, 15) is 4.79 Å². The molecular formula is C10H12N4O3. The third-order valence-corrected chi connectivity index (χ3v) is 2.63. The van der Waals surface area contributed by atoms with E-state index in [0.29, 0.717) is 6.42 Å². The van der Waals surface area contributed by atoms with Crippen LogP contribution in [0.15, 0.2) is 11.1 Å². The maximum Gasteiger partial charge on any atom is 0.354 e. The number of aliphatic hydroxyl groups is 1. The van der Waals surface area contributed by atoms with Crippen LogP contribution in [0.2, 0.25) is 0 Å². The molecule has 0 aliphatic carbocycles. The minimum atomic E-state index is -0.648. The van der Waals surface area contributed by atoms with Gasteiger partial charge in [0.25, 0.3) is 0 Å². The highest BCUT2D eigenvalue weighted by atomic mass is 16.5. The van der Waals surface area contributed by atoms with Crippen molar-refractivity contribution in [1.29, 1.82) is 0 Å². The molecular weight excluding hydrogens is 224 g/mol. The Morgan fingerprint density at radius 2 is 2.53 bits per heavy atom. The van der Waals surface area contributed by atoms with E-state index in [0.717, 1.165) is 0 Å². The first-order valence-electron chi connectivity index (χ1n) is 5.08. The van der Waals surface area contributed by atoms with Gasteiger partial charge in [-0.1, -0.05) is 5.92 Å². The molecule has 0 aromatic carbocycles. The van der Waals surface area contributed by atoms with Crippen molar-refractivity contribution < 1.29 is 9.84 Å². The van der Waals surface area contributed by atoms with Crippen LogP contribution in [0, 0.1) is 18.3 Å². The largest absolute Gasteiger partial charge is 0.394 e. The van der Waals surface area contributed by atoms with Gasteiger partial charge in [0, 0.05) is 0 Å². The Morgan fingerprint density at radius 1 is 1.76 bits per heavy atom. The van der Waals surface area contributed by atoms with Crippen molar-refractivity contribution in [2.24, 2.45) is 5.92 Å². The fraction of sp³-hybridized carbons (Fsp3) is 0.500. The van der Waals surface area contributed by atoms with E-state index in [-0.39, 0.29) is 24.6 Å². The van der Waals surface area contributed by atoms with Gasteiger partial charge in [-0.15, -0.1) is 6.42 Å². The zero-order valence-electron chi connectivity index (χ0n) is 8.98. The minimum absolute atomic E-state index is 0.0970. The summed E-state index contributed by atoms with van der Waals surface area (Å²) in [5.74, 6) is 2.14. The summed E-state index contributed by atoms with van der Waals surface area (Å²) in [6.07, 6.45) is 6.09. The van der Waals surface area contributed by atoms with Gasteiger partial charge >= 0.3 is 5.69 Å². The van der Waals surface area contributed by atoms with E-state index in [1.807, 2.05) is 0 Å². The Morgan fingerprint density at radius 3 is 3.12 bits per heavy atom. The lowest BCUT2D eigenvalue weighted by molar-refractivity contribution is -0.0308. The van der Waals surface area contributed by atoms with Crippen molar-refractivity contribution >= 4 is 5.95 Å². The number of terminal acetylenes is 1. The Bertz CT molecular complexity index is 507. The molecule has 17 heavy (non-hydrogen) atoms. The van der Waals surface area contributed by atoms with Gasteiger partial charge in [0.2, 0.25) is 5.95 Å². The molecule has 1 aromatic rings. The predicted molar refractivity (Wildman–Crippen MR) is 58.6 cm³/mol. The van der Waals surface area contributed by atoms with Gasteiger partial charge < -0.3 is 15.6 Å². The van der Waals surface area contributed by atoms with Gasteiger partial charge in [-0.2, -0.15) is 4.98 Å². The number of nitrogen functional groups attached to an aromatic ring is 1. The molecule has 2 rings (SSSR count). The van der Waals surface area contributed by atoms with E-state index in [2.05, 4.69) is 15.9 Å². The molecule has 3 N–H and O–H groups in total. The molecule has 0 radical (unpaired) electrons. The number of rotatable bonds is 2. The summed E-state index contributed by atoms with van der Waals surface area (Å²) >= 11 is 0. The molecule has 3 atom stereocenters. The zero-order chi connectivity index (χ0) is 12.4. The highest BCUT2D eigenvalue weighted by molar-refractivity contribution is 5.10. The van der Waals surface area contributed by atoms with E-state index >= 15 is 0 Å². The van der Waals surface area contributed by atoms with Crippen LogP contribution < -0.4 is 11.4 Å². The highest BCUT2D eigenvalue weighted by Gasteiger charge is 2.35. The molecule has 1 fully saturated rings. The van der Waals surface area contributed by atoms with Crippen molar-refractivity contribution in [1.82, 2.24) is 14.5 Å². The van der Waals surface area contributed by atoms with Crippen LogP contribution in [-0.2, 0) is 4.74 Å². The molecule has 0 spiro atoms. The quantitative estimate of drug-likeness (QED) is 0.622. The molecule has 7 nitrogen and oxygen atoms in total. The third kappa shape index (κ3) is 2.13. The van der Waals surface area contributed by atoms with Crippen molar-refractivity contribution in [2.75, 3.05) is 12.3 Å². The van der Waals surface area contributed by atoms with Gasteiger partial charge in [0.15, 0.2) is 6.23 Å². The number of nitrogens with zero attached hydrogens (tertiary/aromatic N) is 3. The maximum atomic E-state index is 11.6. The van der Waals surface area contributed by atoms with E-state index < -0.39 is 11.9 Å². The average molecular weight is 236 g/mol. The van der Waals surface area contributed by atoms with Gasteiger partial charge in [-0.3, -0.25) is 4.57 Å². The third-order valence-electron chi connectivity index (χ3n) is 2.63. The van der Waals surface area contributed by atoms with Crippen molar-refractivity contribution in [2.45, 2.75) is 18.8 Å². The predicted octanol–water partition coefficient (Wildman–Crippen LogP) is -1.25. The Hall–Kier alpha value is -1.91. The van der Waals surface area contributed by atoms with Crippen LogP contribution in [0.3, 0.4) is 0 Å². The molecule has 1 aliphatic heterocycles. The lowest BCUT2D eigenvalue weighted by Gasteiger charge is -2.16. The second-order valence-corrected chi connectivity index (χ2v) is 3.74. The summed E-state index contributed by atoms with van der Waals surface area (Å²) in [4.78, 5) is 18.8. The number of aliphatic hydroxyl groups excluding tert-OH is 1. The number of anilines is 1. The Kier molecular flexibility index (Phi) is 3.08. The van der Waals surface area contributed by atoms with Gasteiger partial charge in [0.05, 0.1) is 18.6 Å². The van der Waals surface area contributed by atoms with Crippen molar-refractivity contribution in [3.8, 4) is 12.3 Å². The van der Waals surface area contributed by atoms with E-state index in [4.69, 9.17) is 22.0 Å². The molecule has 1 saturated heterocycles. The second kappa shape index (κ2) is 4.53. The molecule has 1 aromatic heterocycles. The van der Waals surface area contributed by atoms with E-state index in [1.54, 1.807) is 0 Å². The second-order valence-electron chi connectivity index (χ2n) is 3.74. The summed E-state index contributed by atoms with van der Waals surface area (Å²) in [6.45, 7) is -0.140. The molecule has 0 saturated carbocycles. The van der Waals surface area contributed by atoms with Gasteiger partial charge in [-0.05, 0) is 6.42 Å². The van der Waals surface area contributed by atoms with Gasteiger partial charge in [-0.25, -0.2) is 9.78 Å². The number of hydrogen-bond acceptors (Lipinski definition) is 6. The maximum absolute atomic E-state index is 11.6. The standard InChI is InChI=1S/C10H12N4O3/c1-2-6-3-7(4-15)17-8(6)14-5-12-9(11)13-10(14)16/h1,5-8,15H,3-4H2,(H2,11,13,16). The molecule has 1 aliphatic rings. The average Bonchev–Trinajstić information content (AvgIpc) is 2.72. The molecule has 2 heterocycles. The molecule has 3 unspecified atom stereocenters. The summed E-state index contributed by atoms with van der Waals surface area (Å²) in [6, 6.07) is 0. The fourth-order valence-electron chi connectivity index (χ4n) is 1.80. The summed E-state index contributed by atoms with van der Waals surface area (Å²) in [5, 5.41) is 9.03. The number of aromatic nitrogens is 3. The summed E-state index contributed by atoms with van der Waals surface area (Å²) < 4.78 is 6.66. The van der Waals surface area contributed by atoms with Crippen LogP contribution in [0.25, 0.3) is 0 Å². The Balaban J connectivity index is 2.33. The zero-order valence-corrected chi connectivity index (χ0v) is 8.98.